The Morgan fingerprint density at radius 2 is 2.06 bits per heavy atom. The molecule has 0 saturated heterocycles. The van der Waals surface area contributed by atoms with E-state index in [1.165, 1.54) is 0 Å². The molecule has 0 aliphatic carbocycles. The number of nitrogens with two attached hydrogens (primary N) is 1. The van der Waals surface area contributed by atoms with E-state index < -0.39 is 0 Å². The summed E-state index contributed by atoms with van der Waals surface area (Å²) < 4.78 is 2.06. The van der Waals surface area contributed by atoms with Crippen molar-refractivity contribution in [3.05, 3.63) is 18.2 Å². The minimum atomic E-state index is 0.103. The molecule has 0 unspecified atom stereocenters. The molecule has 0 aliphatic rings. The second kappa shape index (κ2) is 5.46. The molecule has 1 rings (SSSR count). The molecule has 0 fully saturated rings. The van der Waals surface area contributed by atoms with E-state index in [4.69, 9.17) is 5.73 Å². The van der Waals surface area contributed by atoms with Crippen molar-refractivity contribution in [2.75, 3.05) is 13.6 Å². The predicted molar refractivity (Wildman–Crippen MR) is 67.0 cm³/mol. The fourth-order valence-electron chi connectivity index (χ4n) is 2.16. The lowest BCUT2D eigenvalue weighted by atomic mass is 9.91. The SMILES string of the molecule is CCC(CC)(CN)N(C)Cc1nccn1C. The zero-order chi connectivity index (χ0) is 12.2. The first-order valence-corrected chi connectivity index (χ1v) is 5.97. The Morgan fingerprint density at radius 1 is 1.44 bits per heavy atom. The first-order chi connectivity index (χ1) is 7.59. The van der Waals surface area contributed by atoms with Gasteiger partial charge in [-0.1, -0.05) is 13.8 Å². The van der Waals surface area contributed by atoms with Gasteiger partial charge in [0, 0.05) is 31.5 Å². The quantitative estimate of drug-likeness (QED) is 0.794. The van der Waals surface area contributed by atoms with Crippen molar-refractivity contribution in [1.82, 2.24) is 14.5 Å². The van der Waals surface area contributed by atoms with Crippen molar-refractivity contribution in [1.29, 1.82) is 0 Å². The Hall–Kier alpha value is -0.870. The summed E-state index contributed by atoms with van der Waals surface area (Å²) in [5, 5.41) is 0. The molecule has 1 aromatic rings. The fourth-order valence-corrected chi connectivity index (χ4v) is 2.16. The van der Waals surface area contributed by atoms with Gasteiger partial charge in [0.25, 0.3) is 0 Å². The van der Waals surface area contributed by atoms with Crippen molar-refractivity contribution >= 4 is 0 Å². The van der Waals surface area contributed by atoms with E-state index in [0.717, 1.165) is 25.2 Å². The minimum Gasteiger partial charge on any atom is -0.337 e. The van der Waals surface area contributed by atoms with Gasteiger partial charge in [0.2, 0.25) is 0 Å². The van der Waals surface area contributed by atoms with Gasteiger partial charge < -0.3 is 10.3 Å². The molecule has 92 valence electrons. The van der Waals surface area contributed by atoms with Crippen LogP contribution in [0.3, 0.4) is 0 Å². The number of nitrogens with zero attached hydrogens (tertiary/aromatic N) is 3. The summed E-state index contributed by atoms with van der Waals surface area (Å²) in [6.07, 6.45) is 5.96. The van der Waals surface area contributed by atoms with Crippen LogP contribution in [0.15, 0.2) is 12.4 Å². The van der Waals surface area contributed by atoms with Gasteiger partial charge in [-0.25, -0.2) is 4.98 Å². The average molecular weight is 224 g/mol. The lowest BCUT2D eigenvalue weighted by Crippen LogP contribution is -2.51. The average Bonchev–Trinajstić information content (AvgIpc) is 2.68. The first kappa shape index (κ1) is 13.2. The van der Waals surface area contributed by atoms with E-state index >= 15 is 0 Å². The zero-order valence-corrected chi connectivity index (χ0v) is 10.9. The van der Waals surface area contributed by atoms with E-state index in [-0.39, 0.29) is 5.54 Å². The van der Waals surface area contributed by atoms with Crippen LogP contribution in [0.1, 0.15) is 32.5 Å². The molecular weight excluding hydrogens is 200 g/mol. The van der Waals surface area contributed by atoms with Crippen molar-refractivity contribution in [3.63, 3.8) is 0 Å². The van der Waals surface area contributed by atoms with E-state index in [1.54, 1.807) is 0 Å². The Morgan fingerprint density at radius 3 is 2.44 bits per heavy atom. The van der Waals surface area contributed by atoms with Crippen LogP contribution in [0.25, 0.3) is 0 Å². The van der Waals surface area contributed by atoms with Gasteiger partial charge in [-0.3, -0.25) is 4.90 Å². The Bertz CT molecular complexity index is 306. The number of hydrogen-bond donors (Lipinski definition) is 1. The van der Waals surface area contributed by atoms with Gasteiger partial charge in [0.05, 0.1) is 6.54 Å². The minimum absolute atomic E-state index is 0.103. The van der Waals surface area contributed by atoms with Crippen molar-refractivity contribution in [2.24, 2.45) is 12.8 Å². The van der Waals surface area contributed by atoms with Crippen LogP contribution in [-0.2, 0) is 13.6 Å². The summed E-state index contributed by atoms with van der Waals surface area (Å²) >= 11 is 0. The maximum atomic E-state index is 5.93. The number of rotatable bonds is 6. The van der Waals surface area contributed by atoms with Crippen LogP contribution >= 0.6 is 0 Å². The van der Waals surface area contributed by atoms with Crippen LogP contribution in [0, 0.1) is 0 Å². The first-order valence-electron chi connectivity index (χ1n) is 5.97. The van der Waals surface area contributed by atoms with Gasteiger partial charge >= 0.3 is 0 Å². The largest absolute Gasteiger partial charge is 0.337 e. The summed E-state index contributed by atoms with van der Waals surface area (Å²) in [4.78, 5) is 6.68. The van der Waals surface area contributed by atoms with Gasteiger partial charge in [-0.2, -0.15) is 0 Å². The normalized spacial score (nSPS) is 12.4. The van der Waals surface area contributed by atoms with Crippen molar-refractivity contribution in [2.45, 2.75) is 38.8 Å². The zero-order valence-electron chi connectivity index (χ0n) is 10.9. The summed E-state index contributed by atoms with van der Waals surface area (Å²) in [5.41, 5.74) is 6.03. The lowest BCUT2D eigenvalue weighted by Gasteiger charge is -2.39. The standard InChI is InChI=1S/C12H24N4/c1-5-12(6-2,10-13)16(4)9-11-14-7-8-15(11)3/h7-8H,5-6,9-10,13H2,1-4H3. The van der Waals surface area contributed by atoms with Crippen molar-refractivity contribution < 1.29 is 0 Å². The summed E-state index contributed by atoms with van der Waals surface area (Å²) in [6, 6.07) is 0. The molecule has 0 radical (unpaired) electrons. The molecule has 2 N–H and O–H groups in total. The molecule has 0 spiro atoms. The maximum Gasteiger partial charge on any atom is 0.122 e. The van der Waals surface area contributed by atoms with E-state index in [9.17, 15) is 0 Å². The van der Waals surface area contributed by atoms with Gasteiger partial charge in [-0.15, -0.1) is 0 Å². The highest BCUT2D eigenvalue weighted by atomic mass is 15.2. The van der Waals surface area contributed by atoms with Crippen LogP contribution < -0.4 is 5.73 Å². The third kappa shape index (κ3) is 2.44. The number of aryl methyl sites for hydroxylation is 1. The van der Waals surface area contributed by atoms with Crippen LogP contribution in [0.2, 0.25) is 0 Å². The molecule has 0 saturated carbocycles. The third-order valence-corrected chi connectivity index (χ3v) is 3.81. The number of likely N-dealkylation sites (N-methyl/N-ethyl adjacent to an activating group) is 1. The molecule has 0 amide bonds. The number of aromatic nitrogens is 2. The highest BCUT2D eigenvalue weighted by Crippen LogP contribution is 2.22. The molecular formula is C12H24N4. The summed E-state index contributed by atoms with van der Waals surface area (Å²) in [7, 11) is 4.16. The monoisotopic (exact) mass is 224 g/mol. The molecule has 0 atom stereocenters. The second-order valence-corrected chi connectivity index (χ2v) is 4.45. The second-order valence-electron chi connectivity index (χ2n) is 4.45. The van der Waals surface area contributed by atoms with E-state index in [1.807, 2.05) is 19.4 Å². The molecule has 1 aromatic heterocycles. The van der Waals surface area contributed by atoms with Crippen LogP contribution in [0.5, 0.6) is 0 Å². The number of hydrogen-bond acceptors (Lipinski definition) is 3. The molecule has 1 heterocycles. The van der Waals surface area contributed by atoms with Gasteiger partial charge in [0.15, 0.2) is 0 Å². The van der Waals surface area contributed by atoms with Crippen LogP contribution in [0.4, 0.5) is 0 Å². The molecule has 0 aliphatic heterocycles. The maximum absolute atomic E-state index is 5.93. The fraction of sp³-hybridized carbons (Fsp3) is 0.750. The van der Waals surface area contributed by atoms with E-state index in [2.05, 4.69) is 35.3 Å². The topological polar surface area (TPSA) is 47.1 Å². The predicted octanol–water partition coefficient (Wildman–Crippen LogP) is 1.37. The Kier molecular flexibility index (Phi) is 4.50. The Balaban J connectivity index is 2.77. The Labute approximate surface area is 98.5 Å². The third-order valence-electron chi connectivity index (χ3n) is 3.81. The van der Waals surface area contributed by atoms with Crippen molar-refractivity contribution in [3.8, 4) is 0 Å². The van der Waals surface area contributed by atoms with E-state index in [0.29, 0.717) is 6.54 Å². The molecule has 4 nitrogen and oxygen atoms in total. The van der Waals surface area contributed by atoms with Crippen LogP contribution in [-0.4, -0.2) is 33.6 Å². The van der Waals surface area contributed by atoms with Gasteiger partial charge in [-0.05, 0) is 19.9 Å². The molecule has 0 aromatic carbocycles. The highest BCUT2D eigenvalue weighted by molar-refractivity contribution is 4.95. The summed E-state index contributed by atoms with van der Waals surface area (Å²) in [5.74, 6) is 1.09. The lowest BCUT2D eigenvalue weighted by molar-refractivity contribution is 0.104. The highest BCUT2D eigenvalue weighted by Gasteiger charge is 2.29. The summed E-state index contributed by atoms with van der Waals surface area (Å²) in [6.45, 7) is 5.94. The molecule has 4 heteroatoms. The molecule has 0 bridgehead atoms. The number of imidazole rings is 1. The smallest absolute Gasteiger partial charge is 0.122 e. The molecule has 16 heavy (non-hydrogen) atoms. The van der Waals surface area contributed by atoms with Gasteiger partial charge in [0.1, 0.15) is 5.82 Å².